The third kappa shape index (κ3) is 71.4. The molecule has 3 N–H and O–H groups in total. The van der Waals surface area contributed by atoms with E-state index in [9.17, 15) is 43.2 Å². The van der Waals surface area contributed by atoms with Gasteiger partial charge in [0.05, 0.1) is 26.4 Å². The molecule has 574 valence electrons. The van der Waals surface area contributed by atoms with Gasteiger partial charge in [0.1, 0.15) is 19.3 Å². The van der Waals surface area contributed by atoms with Gasteiger partial charge in [0.15, 0.2) is 12.2 Å². The van der Waals surface area contributed by atoms with Gasteiger partial charge in [-0.05, 0) is 89.9 Å². The van der Waals surface area contributed by atoms with Crippen molar-refractivity contribution in [3.63, 3.8) is 0 Å². The fourth-order valence-corrected chi connectivity index (χ4v) is 12.7. The quantitative estimate of drug-likeness (QED) is 0.0169. The van der Waals surface area contributed by atoms with Gasteiger partial charge in [-0.2, -0.15) is 0 Å². The molecule has 98 heavy (non-hydrogen) atoms. The lowest BCUT2D eigenvalue weighted by Crippen LogP contribution is -2.30. The van der Waals surface area contributed by atoms with Crippen molar-refractivity contribution in [2.45, 2.75) is 393 Å². The normalized spacial score (nSPS) is 14.2. The summed E-state index contributed by atoms with van der Waals surface area (Å²) in [7, 11) is -9.94. The average molecular weight is 1430 g/mol. The van der Waals surface area contributed by atoms with Crippen LogP contribution in [0.5, 0.6) is 0 Å². The van der Waals surface area contributed by atoms with Crippen molar-refractivity contribution >= 4 is 39.5 Å². The first-order valence-corrected chi connectivity index (χ1v) is 42.9. The monoisotopic (exact) mass is 1430 g/mol. The van der Waals surface area contributed by atoms with Crippen molar-refractivity contribution < 1.29 is 80.2 Å². The van der Waals surface area contributed by atoms with E-state index < -0.39 is 97.5 Å². The standard InChI is InChI=1S/C79H146O17P2/c1-5-9-13-17-21-25-29-33-36-40-43-47-51-55-59-63-76(81)89-69-74(95-78(83)65-61-57-53-49-45-39-32-28-24-20-16-12-8-4)71-93-97(85,86)91-67-73(80)68-92-98(87,88)94-72-75(96-79(84)66-62-58-54-50-46-42-38-35-31-27-23-19-15-11-7-3)70-90-77(82)64-60-56-52-48-44-41-37-34-30-26-22-18-14-10-6-2/h21-22,25-26,33-34,36-37,73-75,80H,5-20,23-24,27-32,35,38-72H2,1-4H3,(H,85,86)(H,87,88)/b25-21-,26-22-,36-33-,37-34-/t73-,74-,75-/m1/s1. The van der Waals surface area contributed by atoms with Crippen LogP contribution in [0.2, 0.25) is 0 Å². The van der Waals surface area contributed by atoms with E-state index in [1.807, 2.05) is 0 Å². The van der Waals surface area contributed by atoms with Crippen molar-refractivity contribution in [3.05, 3.63) is 48.6 Å². The highest BCUT2D eigenvalue weighted by atomic mass is 31.2. The van der Waals surface area contributed by atoms with Gasteiger partial charge in [0.2, 0.25) is 0 Å². The summed E-state index contributed by atoms with van der Waals surface area (Å²) in [4.78, 5) is 72.9. The highest BCUT2D eigenvalue weighted by Gasteiger charge is 2.30. The van der Waals surface area contributed by atoms with Gasteiger partial charge in [-0.25, -0.2) is 9.13 Å². The molecule has 0 aromatic heterocycles. The number of carbonyl (C=O) groups excluding carboxylic acids is 4. The molecule has 0 saturated carbocycles. The summed E-state index contributed by atoms with van der Waals surface area (Å²) in [5, 5.41) is 10.6. The minimum atomic E-state index is -4.97. The number of rotatable bonds is 76. The first-order chi connectivity index (χ1) is 47.7. The maximum absolute atomic E-state index is 13.1. The maximum atomic E-state index is 13.1. The minimum Gasteiger partial charge on any atom is -0.462 e. The highest BCUT2D eigenvalue weighted by Crippen LogP contribution is 2.45. The lowest BCUT2D eigenvalue weighted by atomic mass is 10.0. The molecule has 0 fully saturated rings. The molecule has 0 heterocycles. The third-order valence-electron chi connectivity index (χ3n) is 17.3. The predicted octanol–water partition coefficient (Wildman–Crippen LogP) is 22.9. The van der Waals surface area contributed by atoms with Gasteiger partial charge >= 0.3 is 39.5 Å². The number of hydrogen-bond acceptors (Lipinski definition) is 15. The Kier molecular flexibility index (Phi) is 70.2. The zero-order valence-electron chi connectivity index (χ0n) is 62.7. The van der Waals surface area contributed by atoms with E-state index in [2.05, 4.69) is 76.3 Å². The SMILES string of the molecule is CCCCC/C=C\C/C=C\CCCCCCCC(=O)OC[C@H](COP(=O)(O)OC[C@@H](O)COP(=O)(O)OC[C@@H](COC(=O)CCCCCCC/C=C\C/C=C\CCCCC)OC(=O)CCCCCCCCCCCCCCCCC)OC(=O)CCCCCCCCCCCCCCC. The van der Waals surface area contributed by atoms with Crippen LogP contribution in [-0.2, 0) is 65.4 Å². The van der Waals surface area contributed by atoms with Gasteiger partial charge in [-0.3, -0.25) is 37.3 Å². The smallest absolute Gasteiger partial charge is 0.462 e. The Hall–Kier alpha value is -2.98. The first-order valence-electron chi connectivity index (χ1n) is 39.9. The summed E-state index contributed by atoms with van der Waals surface area (Å²) >= 11 is 0. The second kappa shape index (κ2) is 72.4. The van der Waals surface area contributed by atoms with Crippen LogP contribution in [0.15, 0.2) is 48.6 Å². The Balaban J connectivity index is 5.32. The lowest BCUT2D eigenvalue weighted by molar-refractivity contribution is -0.161. The number of phosphoric ester groups is 2. The Morgan fingerprint density at radius 2 is 0.500 bits per heavy atom. The first kappa shape index (κ1) is 95.0. The number of aliphatic hydroxyl groups excluding tert-OH is 1. The molecule has 0 saturated heterocycles. The van der Waals surface area contributed by atoms with Crippen LogP contribution >= 0.6 is 15.6 Å². The fourth-order valence-electron chi connectivity index (χ4n) is 11.2. The molecule has 0 aromatic carbocycles. The van der Waals surface area contributed by atoms with Crippen LogP contribution in [0.1, 0.15) is 374 Å². The van der Waals surface area contributed by atoms with Gasteiger partial charge in [0, 0.05) is 25.7 Å². The number of phosphoric acid groups is 2. The number of hydrogen-bond donors (Lipinski definition) is 3. The van der Waals surface area contributed by atoms with Crippen LogP contribution < -0.4 is 0 Å². The maximum Gasteiger partial charge on any atom is 0.472 e. The minimum absolute atomic E-state index is 0.0993. The molecular weight excluding hydrogens is 1280 g/mol. The average Bonchev–Trinajstić information content (AvgIpc) is 0.959. The number of ether oxygens (including phenoxy) is 4. The molecule has 0 amide bonds. The molecule has 0 aliphatic carbocycles. The molecule has 0 aliphatic rings. The molecule has 17 nitrogen and oxygen atoms in total. The fraction of sp³-hybridized carbons (Fsp3) is 0.848. The van der Waals surface area contributed by atoms with Crippen LogP contribution in [0.4, 0.5) is 0 Å². The second-order valence-electron chi connectivity index (χ2n) is 27.0. The molecular formula is C79H146O17P2. The molecule has 0 rings (SSSR count). The van der Waals surface area contributed by atoms with E-state index in [0.29, 0.717) is 25.7 Å². The van der Waals surface area contributed by atoms with E-state index >= 15 is 0 Å². The molecule has 0 radical (unpaired) electrons. The molecule has 2 unspecified atom stereocenters. The van der Waals surface area contributed by atoms with E-state index in [1.165, 1.54) is 154 Å². The highest BCUT2D eigenvalue weighted by molar-refractivity contribution is 7.47. The Labute approximate surface area is 597 Å². The zero-order chi connectivity index (χ0) is 71.8. The number of allylic oxidation sites excluding steroid dienone is 8. The summed E-state index contributed by atoms with van der Waals surface area (Å²) in [6.45, 7) is 4.88. The topological polar surface area (TPSA) is 237 Å². The second-order valence-corrected chi connectivity index (χ2v) is 29.9. The largest absolute Gasteiger partial charge is 0.472 e. The molecule has 0 bridgehead atoms. The molecule has 0 aromatic rings. The van der Waals surface area contributed by atoms with Gasteiger partial charge in [-0.15, -0.1) is 0 Å². The van der Waals surface area contributed by atoms with Crippen LogP contribution in [0, 0.1) is 0 Å². The van der Waals surface area contributed by atoms with Crippen molar-refractivity contribution in [3.8, 4) is 0 Å². The molecule has 19 heteroatoms. The summed E-state index contributed by atoms with van der Waals surface area (Å²) in [6, 6.07) is 0. The third-order valence-corrected chi connectivity index (χ3v) is 19.2. The van der Waals surface area contributed by atoms with E-state index in [0.717, 1.165) is 141 Å². The van der Waals surface area contributed by atoms with Crippen molar-refractivity contribution in [2.75, 3.05) is 39.6 Å². The van der Waals surface area contributed by atoms with Crippen molar-refractivity contribution in [2.24, 2.45) is 0 Å². The van der Waals surface area contributed by atoms with Crippen LogP contribution in [0.25, 0.3) is 0 Å². The van der Waals surface area contributed by atoms with Gasteiger partial charge < -0.3 is 33.8 Å². The van der Waals surface area contributed by atoms with Gasteiger partial charge in [-0.1, -0.05) is 307 Å². The summed E-state index contributed by atoms with van der Waals surface area (Å²) < 4.78 is 68.6. The number of unbranched alkanes of at least 4 members (excludes halogenated alkanes) is 42. The van der Waals surface area contributed by atoms with E-state index in [-0.39, 0.29) is 25.7 Å². The number of aliphatic hydroxyl groups is 1. The summed E-state index contributed by atoms with van der Waals surface area (Å²) in [5.41, 5.74) is 0. The van der Waals surface area contributed by atoms with Crippen LogP contribution in [-0.4, -0.2) is 96.7 Å². The van der Waals surface area contributed by atoms with Gasteiger partial charge in [0.25, 0.3) is 0 Å². The van der Waals surface area contributed by atoms with Crippen molar-refractivity contribution in [1.29, 1.82) is 0 Å². The van der Waals surface area contributed by atoms with E-state index in [1.54, 1.807) is 0 Å². The van der Waals surface area contributed by atoms with Crippen molar-refractivity contribution in [1.82, 2.24) is 0 Å². The lowest BCUT2D eigenvalue weighted by Gasteiger charge is -2.21. The predicted molar refractivity (Wildman–Crippen MR) is 400 cm³/mol. The Morgan fingerprint density at radius 1 is 0.286 bits per heavy atom. The number of carbonyl (C=O) groups is 4. The summed E-state index contributed by atoms with van der Waals surface area (Å²) in [5.74, 6) is -2.16. The number of esters is 4. The van der Waals surface area contributed by atoms with Crippen LogP contribution in [0.3, 0.4) is 0 Å². The Morgan fingerprint density at radius 3 is 0.776 bits per heavy atom. The van der Waals surface area contributed by atoms with E-state index in [4.69, 9.17) is 37.0 Å². The molecule has 5 atom stereocenters. The Bertz CT molecular complexity index is 2050. The molecule has 0 aliphatic heterocycles. The molecule has 0 spiro atoms. The summed E-state index contributed by atoms with van der Waals surface area (Å²) in [6.07, 6.45) is 69.4. The zero-order valence-corrected chi connectivity index (χ0v) is 64.5.